The van der Waals surface area contributed by atoms with E-state index >= 15 is 0 Å². The van der Waals surface area contributed by atoms with E-state index in [4.69, 9.17) is 0 Å². The quantitative estimate of drug-likeness (QED) is 0.272. The van der Waals surface area contributed by atoms with Crippen molar-refractivity contribution in [3.05, 3.63) is 125 Å². The summed E-state index contributed by atoms with van der Waals surface area (Å²) in [5.74, 6) is -0.233. The highest BCUT2D eigenvalue weighted by molar-refractivity contribution is 8.00. The zero-order valence-electron chi connectivity index (χ0n) is 20.0. The van der Waals surface area contributed by atoms with Gasteiger partial charge in [-0.2, -0.15) is 0 Å². The van der Waals surface area contributed by atoms with E-state index in [1.165, 1.54) is 11.8 Å². The molecule has 4 aromatic rings. The van der Waals surface area contributed by atoms with Crippen LogP contribution in [-0.4, -0.2) is 11.8 Å². The van der Waals surface area contributed by atoms with E-state index in [-0.39, 0.29) is 11.8 Å². The lowest BCUT2D eigenvalue weighted by molar-refractivity contribution is -0.115. The number of anilines is 2. The van der Waals surface area contributed by atoms with E-state index in [1.807, 2.05) is 112 Å². The standard InChI is InChI=1S/C30H28N2O2S/c1-20-9-11-24(12-10-20)29(33)31-25-13-15-27(16-14-25)35-28(23-7-5-4-6-8-23)30(34)32-26-18-21(2)17-22(3)19-26/h4-19,28H,1-3H3,(H,31,33)(H,32,34). The number of hydrogen-bond donors (Lipinski definition) is 2. The van der Waals surface area contributed by atoms with Crippen LogP contribution in [0.1, 0.15) is 37.9 Å². The summed E-state index contributed by atoms with van der Waals surface area (Å²) >= 11 is 1.48. The molecule has 4 rings (SSSR count). The summed E-state index contributed by atoms with van der Waals surface area (Å²) in [5, 5.41) is 5.59. The summed E-state index contributed by atoms with van der Waals surface area (Å²) in [7, 11) is 0. The smallest absolute Gasteiger partial charge is 0.255 e. The number of carbonyl (C=O) groups is 2. The number of rotatable bonds is 7. The maximum atomic E-state index is 13.3. The highest BCUT2D eigenvalue weighted by atomic mass is 32.2. The Kier molecular flexibility index (Phi) is 7.68. The van der Waals surface area contributed by atoms with Crippen LogP contribution in [0.4, 0.5) is 11.4 Å². The fourth-order valence-corrected chi connectivity index (χ4v) is 4.84. The topological polar surface area (TPSA) is 58.2 Å². The summed E-state index contributed by atoms with van der Waals surface area (Å²) in [5.41, 5.74) is 6.36. The van der Waals surface area contributed by atoms with Crippen molar-refractivity contribution >= 4 is 35.0 Å². The first-order valence-electron chi connectivity index (χ1n) is 11.5. The maximum Gasteiger partial charge on any atom is 0.255 e. The summed E-state index contributed by atoms with van der Waals surface area (Å²) in [6, 6.07) is 30.8. The number of thioether (sulfide) groups is 1. The van der Waals surface area contributed by atoms with Crippen molar-refractivity contribution in [1.29, 1.82) is 0 Å². The van der Waals surface area contributed by atoms with E-state index in [2.05, 4.69) is 16.7 Å². The van der Waals surface area contributed by atoms with Gasteiger partial charge in [-0.15, -0.1) is 11.8 Å². The number of nitrogens with one attached hydrogen (secondary N) is 2. The van der Waals surface area contributed by atoms with Crippen LogP contribution in [-0.2, 0) is 4.79 Å². The molecule has 0 saturated carbocycles. The lowest BCUT2D eigenvalue weighted by Crippen LogP contribution is -2.19. The van der Waals surface area contributed by atoms with Crippen LogP contribution in [0.15, 0.2) is 102 Å². The van der Waals surface area contributed by atoms with Crippen molar-refractivity contribution in [2.24, 2.45) is 0 Å². The van der Waals surface area contributed by atoms with Crippen LogP contribution < -0.4 is 10.6 Å². The molecule has 0 aliphatic rings. The molecule has 0 radical (unpaired) electrons. The van der Waals surface area contributed by atoms with Gasteiger partial charge in [0, 0.05) is 21.8 Å². The molecule has 4 nitrogen and oxygen atoms in total. The zero-order chi connectivity index (χ0) is 24.8. The Hall–Kier alpha value is -3.83. The van der Waals surface area contributed by atoms with Gasteiger partial charge in [0.25, 0.3) is 5.91 Å². The summed E-state index contributed by atoms with van der Waals surface area (Å²) in [4.78, 5) is 26.8. The molecule has 4 aromatic carbocycles. The van der Waals surface area contributed by atoms with Crippen LogP contribution in [0.2, 0.25) is 0 Å². The highest BCUT2D eigenvalue weighted by Crippen LogP contribution is 2.37. The Morgan fingerprint density at radius 1 is 0.657 bits per heavy atom. The number of carbonyl (C=O) groups excluding carboxylic acids is 2. The van der Waals surface area contributed by atoms with Gasteiger partial charge in [-0.05, 0) is 86.0 Å². The van der Waals surface area contributed by atoms with Gasteiger partial charge in [0.2, 0.25) is 5.91 Å². The fourth-order valence-electron chi connectivity index (χ4n) is 3.82. The van der Waals surface area contributed by atoms with Crippen molar-refractivity contribution in [2.45, 2.75) is 30.9 Å². The molecule has 1 unspecified atom stereocenters. The summed E-state index contributed by atoms with van der Waals surface area (Å²) < 4.78 is 0. The number of amides is 2. The lowest BCUT2D eigenvalue weighted by atomic mass is 10.1. The molecule has 0 aliphatic carbocycles. The van der Waals surface area contributed by atoms with E-state index < -0.39 is 5.25 Å². The molecule has 176 valence electrons. The summed E-state index contributed by atoms with van der Waals surface area (Å²) in [6.45, 7) is 6.03. The average molecular weight is 481 g/mol. The van der Waals surface area contributed by atoms with Gasteiger partial charge in [-0.1, -0.05) is 54.1 Å². The average Bonchev–Trinajstić information content (AvgIpc) is 2.83. The van der Waals surface area contributed by atoms with E-state index in [1.54, 1.807) is 0 Å². The second kappa shape index (κ2) is 11.1. The van der Waals surface area contributed by atoms with Gasteiger partial charge in [0.05, 0.1) is 0 Å². The first-order valence-corrected chi connectivity index (χ1v) is 12.3. The third-order valence-corrected chi connectivity index (χ3v) is 6.78. The van der Waals surface area contributed by atoms with Gasteiger partial charge in [-0.3, -0.25) is 9.59 Å². The molecule has 0 fully saturated rings. The molecular weight excluding hydrogens is 452 g/mol. The molecule has 1 atom stereocenters. The van der Waals surface area contributed by atoms with Gasteiger partial charge in [0.1, 0.15) is 5.25 Å². The molecule has 0 bridgehead atoms. The minimum Gasteiger partial charge on any atom is -0.325 e. The molecule has 0 saturated heterocycles. The third kappa shape index (κ3) is 6.61. The van der Waals surface area contributed by atoms with Crippen molar-refractivity contribution in [3.63, 3.8) is 0 Å². The van der Waals surface area contributed by atoms with Crippen LogP contribution in [0, 0.1) is 20.8 Å². The molecule has 0 spiro atoms. The minimum atomic E-state index is -0.426. The van der Waals surface area contributed by atoms with Gasteiger partial charge in [0.15, 0.2) is 0 Å². The first-order chi connectivity index (χ1) is 16.9. The number of benzene rings is 4. The van der Waals surface area contributed by atoms with Crippen molar-refractivity contribution in [2.75, 3.05) is 10.6 Å². The Balaban J connectivity index is 1.49. The van der Waals surface area contributed by atoms with Gasteiger partial charge in [-0.25, -0.2) is 0 Å². The second-order valence-electron chi connectivity index (χ2n) is 8.62. The molecule has 5 heteroatoms. The van der Waals surface area contributed by atoms with E-state index in [0.717, 1.165) is 32.8 Å². The monoisotopic (exact) mass is 480 g/mol. The van der Waals surface area contributed by atoms with Crippen LogP contribution in [0.25, 0.3) is 0 Å². The van der Waals surface area contributed by atoms with Crippen LogP contribution in [0.5, 0.6) is 0 Å². The lowest BCUT2D eigenvalue weighted by Gasteiger charge is -2.18. The van der Waals surface area contributed by atoms with Crippen molar-refractivity contribution in [3.8, 4) is 0 Å². The van der Waals surface area contributed by atoms with Gasteiger partial charge >= 0.3 is 0 Å². The predicted octanol–water partition coefficient (Wildman–Crippen LogP) is 7.34. The fraction of sp³-hybridized carbons (Fsp3) is 0.133. The first kappa shape index (κ1) is 24.3. The Morgan fingerprint density at radius 2 is 1.29 bits per heavy atom. The normalized spacial score (nSPS) is 11.5. The van der Waals surface area contributed by atoms with E-state index in [0.29, 0.717) is 11.3 Å². The molecule has 35 heavy (non-hydrogen) atoms. The summed E-state index contributed by atoms with van der Waals surface area (Å²) in [6.07, 6.45) is 0. The Labute approximate surface area is 210 Å². The third-order valence-electron chi connectivity index (χ3n) is 5.51. The predicted molar refractivity (Wildman–Crippen MR) is 145 cm³/mol. The SMILES string of the molecule is Cc1ccc(C(=O)Nc2ccc(SC(C(=O)Nc3cc(C)cc(C)c3)c3ccccc3)cc2)cc1. The van der Waals surface area contributed by atoms with Crippen LogP contribution >= 0.6 is 11.8 Å². The van der Waals surface area contributed by atoms with Crippen LogP contribution in [0.3, 0.4) is 0 Å². The molecule has 2 N–H and O–H groups in total. The Morgan fingerprint density at radius 3 is 1.91 bits per heavy atom. The van der Waals surface area contributed by atoms with E-state index in [9.17, 15) is 9.59 Å². The van der Waals surface area contributed by atoms with Crippen molar-refractivity contribution in [1.82, 2.24) is 0 Å². The Bertz CT molecular complexity index is 1300. The van der Waals surface area contributed by atoms with Crippen molar-refractivity contribution < 1.29 is 9.59 Å². The molecule has 0 aliphatic heterocycles. The minimum absolute atomic E-state index is 0.0806. The molecule has 2 amide bonds. The molecular formula is C30H28N2O2S. The second-order valence-corrected chi connectivity index (χ2v) is 9.80. The van der Waals surface area contributed by atoms with Gasteiger partial charge < -0.3 is 10.6 Å². The molecule has 0 aromatic heterocycles. The maximum absolute atomic E-state index is 13.3. The number of aryl methyl sites for hydroxylation is 3. The highest BCUT2D eigenvalue weighted by Gasteiger charge is 2.22. The number of hydrogen-bond acceptors (Lipinski definition) is 3. The largest absolute Gasteiger partial charge is 0.325 e. The molecule has 0 heterocycles. The zero-order valence-corrected chi connectivity index (χ0v) is 20.9.